The first-order valence-corrected chi connectivity index (χ1v) is 12.1. The molecule has 0 saturated carbocycles. The van der Waals surface area contributed by atoms with E-state index in [1.54, 1.807) is 36.4 Å². The maximum absolute atomic E-state index is 12.5. The fourth-order valence-corrected chi connectivity index (χ4v) is 4.23. The number of nitrogen functional groups attached to an aromatic ring is 1. The molecule has 0 atom stereocenters. The van der Waals surface area contributed by atoms with Crippen LogP contribution in [0.2, 0.25) is 5.02 Å². The Balaban J connectivity index is 1.77. The Bertz CT molecular complexity index is 1620. The Morgan fingerprint density at radius 1 is 1.03 bits per heavy atom. The van der Waals surface area contributed by atoms with E-state index in [9.17, 15) is 22.9 Å². The van der Waals surface area contributed by atoms with E-state index >= 15 is 0 Å². The molecule has 0 saturated heterocycles. The van der Waals surface area contributed by atoms with Crippen molar-refractivity contribution in [2.24, 2.45) is 10.2 Å². The van der Waals surface area contributed by atoms with Gasteiger partial charge in [-0.25, -0.2) is 0 Å². The van der Waals surface area contributed by atoms with Crippen LogP contribution < -0.4 is 15.8 Å². The van der Waals surface area contributed by atoms with Gasteiger partial charge >= 0.3 is 0 Å². The summed E-state index contributed by atoms with van der Waals surface area (Å²) in [5.41, 5.74) is 6.52. The van der Waals surface area contributed by atoms with Crippen molar-refractivity contribution < 1.29 is 27.6 Å². The summed E-state index contributed by atoms with van der Waals surface area (Å²) in [4.78, 5) is 11.8. The van der Waals surface area contributed by atoms with Gasteiger partial charge in [0.25, 0.3) is 16.0 Å². The lowest BCUT2D eigenvalue weighted by atomic mass is 10.1. The normalized spacial score (nSPS) is 11.6. The van der Waals surface area contributed by atoms with Gasteiger partial charge in [-0.2, -0.15) is 8.42 Å². The number of nitrogens with one attached hydrogen (secondary N) is 1. The average molecular weight is 527 g/mol. The Kier molecular flexibility index (Phi) is 6.80. The number of rotatable bonds is 6. The molecule has 10 nitrogen and oxygen atoms in total. The van der Waals surface area contributed by atoms with Crippen LogP contribution in [0.5, 0.6) is 11.5 Å². The van der Waals surface area contributed by atoms with E-state index in [4.69, 9.17) is 22.1 Å². The molecule has 0 spiro atoms. The maximum Gasteiger partial charge on any atom is 0.296 e. The number of methoxy groups -OCH3 is 1. The number of carbonyl (C=O) groups is 1. The van der Waals surface area contributed by atoms with E-state index in [0.29, 0.717) is 27.7 Å². The molecule has 0 radical (unpaired) electrons. The fraction of sp³-hybridized carbons (Fsp3) is 0.0417. The van der Waals surface area contributed by atoms with Gasteiger partial charge in [0.15, 0.2) is 5.75 Å². The smallest absolute Gasteiger partial charge is 0.296 e. The van der Waals surface area contributed by atoms with Gasteiger partial charge in [-0.3, -0.25) is 9.35 Å². The zero-order chi connectivity index (χ0) is 26.0. The van der Waals surface area contributed by atoms with Crippen molar-refractivity contribution in [3.05, 3.63) is 77.3 Å². The number of phenolic OH excluding ortho intramolecular Hbond substituents is 1. The van der Waals surface area contributed by atoms with Gasteiger partial charge in [0.1, 0.15) is 22.0 Å². The second-order valence-corrected chi connectivity index (χ2v) is 9.40. The van der Waals surface area contributed by atoms with Crippen molar-refractivity contribution in [2.75, 3.05) is 18.2 Å². The topological polar surface area (TPSA) is 164 Å². The zero-order valence-corrected chi connectivity index (χ0v) is 20.2. The number of azo groups is 1. The number of carbonyl (C=O) groups excluding carboxylic acids is 1. The van der Waals surface area contributed by atoms with Gasteiger partial charge in [-0.1, -0.05) is 11.6 Å². The number of hydrogen-bond donors (Lipinski definition) is 4. The van der Waals surface area contributed by atoms with Gasteiger partial charge in [0.05, 0.1) is 7.11 Å². The largest absolute Gasteiger partial charge is 0.505 e. The van der Waals surface area contributed by atoms with Crippen molar-refractivity contribution >= 4 is 61.1 Å². The van der Waals surface area contributed by atoms with Crippen LogP contribution in [0.1, 0.15) is 10.4 Å². The van der Waals surface area contributed by atoms with Gasteiger partial charge in [-0.05, 0) is 72.1 Å². The summed E-state index contributed by atoms with van der Waals surface area (Å²) in [6.45, 7) is 0. The van der Waals surface area contributed by atoms with Gasteiger partial charge in [0.2, 0.25) is 0 Å². The van der Waals surface area contributed by atoms with Crippen LogP contribution in [-0.4, -0.2) is 31.1 Å². The van der Waals surface area contributed by atoms with Crippen LogP contribution in [0.25, 0.3) is 10.8 Å². The molecule has 12 heteroatoms. The number of nitrogens with two attached hydrogens (primary N) is 1. The summed E-state index contributed by atoms with van der Waals surface area (Å²) in [5.74, 6) is -0.658. The van der Waals surface area contributed by atoms with Crippen LogP contribution in [0.15, 0.2) is 81.9 Å². The third-order valence-corrected chi connectivity index (χ3v) is 6.26. The lowest BCUT2D eigenvalue weighted by Crippen LogP contribution is -2.11. The Morgan fingerprint density at radius 3 is 2.42 bits per heavy atom. The molecule has 0 aliphatic carbocycles. The highest BCUT2D eigenvalue weighted by molar-refractivity contribution is 7.86. The Morgan fingerprint density at radius 2 is 1.75 bits per heavy atom. The molecule has 0 fully saturated rings. The first-order chi connectivity index (χ1) is 17.1. The summed E-state index contributed by atoms with van der Waals surface area (Å²) >= 11 is 5.99. The highest BCUT2D eigenvalue weighted by Gasteiger charge is 2.22. The first kappa shape index (κ1) is 24.9. The van der Waals surface area contributed by atoms with Gasteiger partial charge in [0, 0.05) is 27.3 Å². The van der Waals surface area contributed by atoms with Gasteiger partial charge < -0.3 is 20.9 Å². The predicted molar refractivity (Wildman–Crippen MR) is 136 cm³/mol. The summed E-state index contributed by atoms with van der Waals surface area (Å²) in [6, 6.07) is 16.4. The van der Waals surface area contributed by atoms with Crippen LogP contribution in [-0.2, 0) is 10.1 Å². The molecule has 0 aromatic heterocycles. The number of aromatic hydroxyl groups is 1. The van der Waals surface area contributed by atoms with E-state index < -0.39 is 32.4 Å². The molecule has 0 aliphatic heterocycles. The van der Waals surface area contributed by atoms with E-state index in [1.165, 1.54) is 31.4 Å². The lowest BCUT2D eigenvalue weighted by Gasteiger charge is -2.11. The van der Waals surface area contributed by atoms with Crippen LogP contribution in [0, 0.1) is 0 Å². The number of fused-ring (bicyclic) bond motifs is 1. The molecule has 184 valence electrons. The number of anilines is 2. The summed E-state index contributed by atoms with van der Waals surface area (Å²) in [7, 11) is -3.42. The Labute approximate surface area is 210 Å². The zero-order valence-electron chi connectivity index (χ0n) is 18.6. The second-order valence-electron chi connectivity index (χ2n) is 7.58. The second kappa shape index (κ2) is 9.82. The van der Waals surface area contributed by atoms with E-state index in [1.807, 2.05) is 0 Å². The molecule has 0 heterocycles. The molecule has 0 aliphatic rings. The van der Waals surface area contributed by atoms with Gasteiger partial charge in [-0.15, -0.1) is 10.2 Å². The minimum atomic E-state index is -4.83. The number of nitrogens with zero attached hydrogens (tertiary/aromatic N) is 2. The van der Waals surface area contributed by atoms with Crippen molar-refractivity contribution in [3.8, 4) is 11.5 Å². The average Bonchev–Trinajstić information content (AvgIpc) is 2.83. The maximum atomic E-state index is 12.5. The molecular formula is C24H19ClN4O6S. The standard InChI is InChI=1S/C24H19ClN4O6S/c1-35-20-9-4-15(25)12-19(20)28-29-22-21(36(32,33)34)11-14-10-17(7-8-18(14)23(22)30)27-24(31)13-2-5-16(26)6-3-13/h2-12,30H,26H2,1H3,(H,27,31)(H,32,33,34). The quantitative estimate of drug-likeness (QED) is 0.142. The third-order valence-electron chi connectivity index (χ3n) is 5.16. The molecule has 36 heavy (non-hydrogen) atoms. The van der Waals surface area contributed by atoms with Crippen LogP contribution in [0.4, 0.5) is 22.7 Å². The monoisotopic (exact) mass is 526 g/mol. The van der Waals surface area contributed by atoms with E-state index in [2.05, 4.69) is 15.5 Å². The summed E-state index contributed by atoms with van der Waals surface area (Å²) in [6.07, 6.45) is 0. The Hall–Kier alpha value is -4.19. The lowest BCUT2D eigenvalue weighted by molar-refractivity contribution is 0.102. The number of ether oxygens (including phenoxy) is 1. The summed E-state index contributed by atoms with van der Waals surface area (Å²) in [5, 5.41) is 22.1. The SMILES string of the molecule is COc1ccc(Cl)cc1N=Nc1c(S(=O)(=O)O)cc2cc(NC(=O)c3ccc(N)cc3)ccc2c1O. The number of hydrogen-bond acceptors (Lipinski definition) is 8. The molecular weight excluding hydrogens is 508 g/mol. The molecule has 0 unspecified atom stereocenters. The van der Waals surface area contributed by atoms with Crippen LogP contribution >= 0.6 is 11.6 Å². The summed E-state index contributed by atoms with van der Waals surface area (Å²) < 4.78 is 39.3. The van der Waals surface area contributed by atoms with Crippen molar-refractivity contribution in [1.82, 2.24) is 0 Å². The van der Waals surface area contributed by atoms with Crippen molar-refractivity contribution in [3.63, 3.8) is 0 Å². The molecule has 1 amide bonds. The van der Waals surface area contributed by atoms with Crippen molar-refractivity contribution in [1.29, 1.82) is 0 Å². The predicted octanol–water partition coefficient (Wildman–Crippen LogP) is 5.70. The molecule has 5 N–H and O–H groups in total. The van der Waals surface area contributed by atoms with Crippen molar-refractivity contribution in [2.45, 2.75) is 4.90 Å². The number of benzene rings is 4. The number of amides is 1. The molecule has 4 rings (SSSR count). The molecule has 4 aromatic carbocycles. The van der Waals surface area contributed by atoms with E-state index in [-0.39, 0.29) is 16.5 Å². The number of halogens is 1. The minimum Gasteiger partial charge on any atom is -0.505 e. The highest BCUT2D eigenvalue weighted by atomic mass is 35.5. The highest BCUT2D eigenvalue weighted by Crippen LogP contribution is 2.43. The van der Waals surface area contributed by atoms with E-state index in [0.717, 1.165) is 6.07 Å². The first-order valence-electron chi connectivity index (χ1n) is 10.3. The third kappa shape index (κ3) is 5.23. The molecule has 4 aromatic rings. The number of phenols is 1. The molecule has 0 bridgehead atoms. The minimum absolute atomic E-state index is 0.173. The van der Waals surface area contributed by atoms with Crippen LogP contribution in [0.3, 0.4) is 0 Å². The fourth-order valence-electron chi connectivity index (χ4n) is 3.41.